The SMILES string of the molecule is CC1(S(=O)(=O)n2ccc3cc(C#N)cc(F)c32)C=CC=CC1. The highest BCUT2D eigenvalue weighted by Crippen LogP contribution is 2.32. The number of allylic oxidation sites excluding steroid dienone is 3. The van der Waals surface area contributed by atoms with Gasteiger partial charge < -0.3 is 0 Å². The van der Waals surface area contributed by atoms with Gasteiger partial charge in [0, 0.05) is 11.6 Å². The van der Waals surface area contributed by atoms with Crippen molar-refractivity contribution in [2.24, 2.45) is 0 Å². The van der Waals surface area contributed by atoms with Crippen molar-refractivity contribution in [2.45, 2.75) is 18.1 Å². The summed E-state index contributed by atoms with van der Waals surface area (Å²) in [5, 5.41) is 9.26. The number of aromatic nitrogens is 1. The van der Waals surface area contributed by atoms with Gasteiger partial charge in [0.05, 0.1) is 17.1 Å². The van der Waals surface area contributed by atoms with E-state index in [0.717, 1.165) is 10.0 Å². The zero-order valence-corrected chi connectivity index (χ0v) is 12.6. The van der Waals surface area contributed by atoms with E-state index in [4.69, 9.17) is 5.26 Å². The molecule has 0 aliphatic heterocycles. The predicted octanol–water partition coefficient (Wildman–Crippen LogP) is 3.10. The molecular weight excluding hydrogens is 303 g/mol. The van der Waals surface area contributed by atoms with Crippen LogP contribution in [0, 0.1) is 17.1 Å². The quantitative estimate of drug-likeness (QED) is 0.855. The molecule has 1 heterocycles. The predicted molar refractivity (Wildman–Crippen MR) is 82.2 cm³/mol. The highest BCUT2D eigenvalue weighted by Gasteiger charge is 2.38. The molecule has 0 saturated heterocycles. The van der Waals surface area contributed by atoms with Gasteiger partial charge in [0.1, 0.15) is 10.6 Å². The number of benzene rings is 1. The van der Waals surface area contributed by atoms with Crippen molar-refractivity contribution < 1.29 is 12.8 Å². The number of nitrogens with zero attached hydrogens (tertiary/aromatic N) is 2. The largest absolute Gasteiger partial charge is 0.248 e. The lowest BCUT2D eigenvalue weighted by Crippen LogP contribution is -2.37. The summed E-state index contributed by atoms with van der Waals surface area (Å²) in [7, 11) is -3.83. The lowest BCUT2D eigenvalue weighted by Gasteiger charge is -2.27. The lowest BCUT2D eigenvalue weighted by atomic mass is 10.0. The van der Waals surface area contributed by atoms with Gasteiger partial charge in [-0.15, -0.1) is 0 Å². The van der Waals surface area contributed by atoms with Crippen molar-refractivity contribution in [1.82, 2.24) is 3.97 Å². The van der Waals surface area contributed by atoms with Gasteiger partial charge in [-0.1, -0.05) is 24.3 Å². The normalized spacial score (nSPS) is 21.1. The van der Waals surface area contributed by atoms with Crippen molar-refractivity contribution >= 4 is 20.9 Å². The summed E-state index contributed by atoms with van der Waals surface area (Å²) in [5.74, 6) is -0.721. The Bertz CT molecular complexity index is 964. The molecule has 1 aliphatic carbocycles. The average Bonchev–Trinajstić information content (AvgIpc) is 2.92. The van der Waals surface area contributed by atoms with Crippen LogP contribution in [0.3, 0.4) is 0 Å². The second kappa shape index (κ2) is 4.82. The summed E-state index contributed by atoms with van der Waals surface area (Å²) in [6.45, 7) is 1.61. The average molecular weight is 316 g/mol. The third kappa shape index (κ3) is 1.97. The fourth-order valence-electron chi connectivity index (χ4n) is 2.59. The molecule has 0 radical (unpaired) electrons. The standard InChI is InChI=1S/C16H13FN2O2S/c1-16(6-3-2-4-7-16)22(20,21)19-8-5-13-9-12(11-18)10-14(17)15(13)19/h2-6,8-10H,7H2,1H3. The minimum Gasteiger partial charge on any atom is -0.241 e. The molecule has 1 unspecified atom stereocenters. The molecule has 6 heteroatoms. The Hall–Kier alpha value is -2.39. The highest BCUT2D eigenvalue weighted by atomic mass is 32.2. The first-order valence-corrected chi connectivity index (χ1v) is 8.13. The van der Waals surface area contributed by atoms with E-state index in [0.29, 0.717) is 11.8 Å². The summed E-state index contributed by atoms with van der Waals surface area (Å²) >= 11 is 0. The Balaban J connectivity index is 2.25. The van der Waals surface area contributed by atoms with E-state index in [1.807, 2.05) is 6.07 Å². The van der Waals surface area contributed by atoms with Crippen molar-refractivity contribution in [3.8, 4) is 6.07 Å². The molecular formula is C16H13FN2O2S. The number of rotatable bonds is 2. The molecule has 2 aromatic rings. The maximum Gasteiger partial charge on any atom is 0.248 e. The fourth-order valence-corrected chi connectivity index (χ4v) is 4.25. The molecule has 1 aromatic heterocycles. The van der Waals surface area contributed by atoms with Crippen molar-refractivity contribution in [3.05, 3.63) is 60.1 Å². The minimum atomic E-state index is -3.83. The Morgan fingerprint density at radius 3 is 2.77 bits per heavy atom. The molecule has 0 amide bonds. The Labute approximate surface area is 127 Å². The number of nitriles is 1. The van der Waals surface area contributed by atoms with E-state index in [2.05, 4.69) is 0 Å². The molecule has 0 fully saturated rings. The summed E-state index contributed by atoms with van der Waals surface area (Å²) in [6.07, 6.45) is 8.50. The lowest BCUT2D eigenvalue weighted by molar-refractivity contribution is 0.553. The molecule has 0 bridgehead atoms. The van der Waals surface area contributed by atoms with E-state index in [1.165, 1.54) is 18.3 Å². The van der Waals surface area contributed by atoms with Crippen LogP contribution < -0.4 is 0 Å². The van der Waals surface area contributed by atoms with E-state index >= 15 is 0 Å². The summed E-state index contributed by atoms with van der Waals surface area (Å²) in [4.78, 5) is 0. The summed E-state index contributed by atoms with van der Waals surface area (Å²) < 4.78 is 40.0. The third-order valence-corrected chi connectivity index (χ3v) is 6.20. The van der Waals surface area contributed by atoms with Gasteiger partial charge >= 0.3 is 0 Å². The molecule has 22 heavy (non-hydrogen) atoms. The van der Waals surface area contributed by atoms with Gasteiger partial charge in [0.25, 0.3) is 0 Å². The van der Waals surface area contributed by atoms with Crippen LogP contribution in [0.1, 0.15) is 18.9 Å². The second-order valence-corrected chi connectivity index (χ2v) is 7.70. The van der Waals surface area contributed by atoms with Crippen LogP contribution in [0.2, 0.25) is 0 Å². The first kappa shape index (κ1) is 14.5. The van der Waals surface area contributed by atoms with Crippen LogP contribution in [0.25, 0.3) is 10.9 Å². The van der Waals surface area contributed by atoms with Gasteiger partial charge in [-0.3, -0.25) is 0 Å². The van der Waals surface area contributed by atoms with Crippen molar-refractivity contribution in [2.75, 3.05) is 0 Å². The minimum absolute atomic E-state index is 0.0248. The zero-order chi connectivity index (χ0) is 16.0. The maximum atomic E-state index is 14.3. The topological polar surface area (TPSA) is 62.9 Å². The van der Waals surface area contributed by atoms with Crippen molar-refractivity contribution in [1.29, 1.82) is 5.26 Å². The van der Waals surface area contributed by atoms with Crippen molar-refractivity contribution in [3.63, 3.8) is 0 Å². The zero-order valence-electron chi connectivity index (χ0n) is 11.8. The molecule has 0 N–H and O–H groups in total. The van der Waals surface area contributed by atoms with Crippen LogP contribution in [0.15, 0.2) is 48.7 Å². The summed E-state index contributed by atoms with van der Waals surface area (Å²) in [5.41, 5.74) is 0.134. The van der Waals surface area contributed by atoms with Gasteiger partial charge in [0.2, 0.25) is 10.0 Å². The molecule has 1 aromatic carbocycles. The molecule has 0 spiro atoms. The smallest absolute Gasteiger partial charge is 0.241 e. The molecule has 3 rings (SSSR count). The van der Waals surface area contributed by atoms with E-state index in [1.54, 1.807) is 31.2 Å². The van der Waals surface area contributed by atoms with Crippen LogP contribution >= 0.6 is 0 Å². The van der Waals surface area contributed by atoms with Gasteiger partial charge in [0.15, 0.2) is 0 Å². The Morgan fingerprint density at radius 1 is 1.36 bits per heavy atom. The number of hydrogen-bond donors (Lipinski definition) is 0. The van der Waals surface area contributed by atoms with Gasteiger partial charge in [-0.25, -0.2) is 16.8 Å². The number of halogens is 1. The molecule has 1 aliphatic rings. The Kier molecular flexibility index (Phi) is 3.18. The number of fused-ring (bicyclic) bond motifs is 1. The molecule has 1 atom stereocenters. The second-order valence-electron chi connectivity index (χ2n) is 5.43. The molecule has 112 valence electrons. The van der Waals surface area contributed by atoms with Gasteiger partial charge in [-0.2, -0.15) is 5.26 Å². The van der Waals surface area contributed by atoms with E-state index in [9.17, 15) is 12.8 Å². The van der Waals surface area contributed by atoms with Crippen LogP contribution in [-0.2, 0) is 10.0 Å². The van der Waals surface area contributed by atoms with Gasteiger partial charge in [-0.05, 0) is 31.5 Å². The fraction of sp³-hybridized carbons (Fsp3) is 0.188. The molecule has 4 nitrogen and oxygen atoms in total. The number of hydrogen-bond acceptors (Lipinski definition) is 3. The van der Waals surface area contributed by atoms with Crippen LogP contribution in [0.5, 0.6) is 0 Å². The molecule has 0 saturated carbocycles. The third-order valence-electron chi connectivity index (χ3n) is 3.90. The first-order chi connectivity index (χ1) is 10.4. The van der Waals surface area contributed by atoms with E-state index < -0.39 is 20.6 Å². The Morgan fingerprint density at radius 2 is 2.14 bits per heavy atom. The summed E-state index contributed by atoms with van der Waals surface area (Å²) in [6, 6.07) is 5.89. The monoisotopic (exact) mass is 316 g/mol. The van der Waals surface area contributed by atoms with Crippen LogP contribution in [0.4, 0.5) is 4.39 Å². The maximum absolute atomic E-state index is 14.3. The van der Waals surface area contributed by atoms with E-state index in [-0.39, 0.29) is 11.1 Å². The van der Waals surface area contributed by atoms with Crippen LogP contribution in [-0.4, -0.2) is 17.1 Å². The first-order valence-electron chi connectivity index (χ1n) is 6.69. The highest BCUT2D eigenvalue weighted by molar-refractivity contribution is 7.91.